The van der Waals surface area contributed by atoms with Crippen LogP contribution in [0, 0.1) is 5.92 Å². The van der Waals surface area contributed by atoms with E-state index in [2.05, 4.69) is 29.5 Å². The molecule has 0 amide bonds. The largest absolute Gasteiger partial charge is 0.387 e. The van der Waals surface area contributed by atoms with Crippen LogP contribution in [0.1, 0.15) is 6.92 Å². The number of halogens is 1. The Bertz CT molecular complexity index is 175. The van der Waals surface area contributed by atoms with Gasteiger partial charge in [0, 0.05) is 5.92 Å². The van der Waals surface area contributed by atoms with Gasteiger partial charge in [0.2, 0.25) is 0 Å². The molecule has 0 aromatic carbocycles. The number of aliphatic hydroxyl groups excluding tert-OH is 1. The lowest BCUT2D eigenvalue weighted by Gasteiger charge is -2.22. The predicted octanol–water partition coefficient (Wildman–Crippen LogP) is 0.544. The van der Waals surface area contributed by atoms with E-state index < -0.39 is 9.71 Å². The summed E-state index contributed by atoms with van der Waals surface area (Å²) in [6.45, 7) is 3.20. The minimum Gasteiger partial charge on any atom is -0.387 e. The summed E-state index contributed by atoms with van der Waals surface area (Å²) >= 11 is 2.16. The maximum atomic E-state index is 9.52. The van der Waals surface area contributed by atoms with E-state index in [1.165, 1.54) is 0 Å². The van der Waals surface area contributed by atoms with Crippen LogP contribution in [0.25, 0.3) is 0 Å². The van der Waals surface area contributed by atoms with Crippen LogP contribution in [0.4, 0.5) is 0 Å². The second-order valence-electron chi connectivity index (χ2n) is 3.26. The van der Waals surface area contributed by atoms with Gasteiger partial charge in [-0.3, -0.25) is 0 Å². The molecule has 11 heavy (non-hydrogen) atoms. The lowest BCUT2D eigenvalue weighted by atomic mass is 10.0. The third kappa shape index (κ3) is 1.03. The van der Waals surface area contributed by atoms with Gasteiger partial charge >= 0.3 is 0 Å². The molecule has 0 radical (unpaired) electrons. The van der Waals surface area contributed by atoms with Crippen molar-refractivity contribution in [2.75, 3.05) is 13.2 Å². The zero-order chi connectivity index (χ0) is 8.06. The Labute approximate surface area is 79.2 Å². The molecule has 3 nitrogen and oxygen atoms in total. The number of fused-ring (bicyclic) bond motifs is 1. The Kier molecular flexibility index (Phi) is 1.90. The quantitative estimate of drug-likeness (QED) is 0.516. The molecule has 0 bridgehead atoms. The van der Waals surface area contributed by atoms with Crippen molar-refractivity contribution < 1.29 is 14.6 Å². The van der Waals surface area contributed by atoms with Crippen LogP contribution in [-0.2, 0) is 9.47 Å². The van der Waals surface area contributed by atoms with Gasteiger partial charge in [-0.05, 0) is 22.6 Å². The van der Waals surface area contributed by atoms with Crippen molar-refractivity contribution in [3.05, 3.63) is 0 Å². The molecule has 0 aromatic rings. The molecule has 0 spiro atoms. The Morgan fingerprint density at radius 3 is 2.91 bits per heavy atom. The third-order valence-electron chi connectivity index (χ3n) is 2.36. The Morgan fingerprint density at radius 1 is 1.55 bits per heavy atom. The highest BCUT2D eigenvalue weighted by molar-refractivity contribution is 14.1. The maximum absolute atomic E-state index is 9.52. The van der Waals surface area contributed by atoms with Gasteiger partial charge in [-0.15, -0.1) is 0 Å². The van der Waals surface area contributed by atoms with Crippen molar-refractivity contribution in [2.45, 2.75) is 22.7 Å². The van der Waals surface area contributed by atoms with E-state index >= 15 is 0 Å². The van der Waals surface area contributed by atoms with Gasteiger partial charge in [-0.25, -0.2) is 0 Å². The van der Waals surface area contributed by atoms with E-state index in [-0.39, 0.29) is 6.10 Å². The van der Waals surface area contributed by atoms with E-state index in [0.717, 1.165) is 0 Å². The molecule has 4 atom stereocenters. The molecule has 64 valence electrons. The molecule has 1 N–H and O–H groups in total. The molecular weight excluding hydrogens is 259 g/mol. The lowest BCUT2D eigenvalue weighted by Crippen LogP contribution is -2.39. The van der Waals surface area contributed by atoms with Crippen molar-refractivity contribution in [3.63, 3.8) is 0 Å². The lowest BCUT2D eigenvalue weighted by molar-refractivity contribution is 0.00515. The van der Waals surface area contributed by atoms with Gasteiger partial charge in [-0.1, -0.05) is 6.92 Å². The molecule has 4 heteroatoms. The highest BCUT2D eigenvalue weighted by Gasteiger charge is 2.56. The molecule has 0 aromatic heterocycles. The van der Waals surface area contributed by atoms with Gasteiger partial charge in [0.25, 0.3) is 0 Å². The first-order valence-corrected chi connectivity index (χ1v) is 4.85. The smallest absolute Gasteiger partial charge is 0.173 e. The molecule has 2 fully saturated rings. The average molecular weight is 270 g/mol. The van der Waals surface area contributed by atoms with E-state index in [0.29, 0.717) is 19.1 Å². The summed E-state index contributed by atoms with van der Waals surface area (Å²) in [6, 6.07) is 0. The second kappa shape index (κ2) is 2.55. The van der Waals surface area contributed by atoms with E-state index in [1.807, 2.05) is 0 Å². The van der Waals surface area contributed by atoms with Gasteiger partial charge < -0.3 is 14.6 Å². The first kappa shape index (κ1) is 8.22. The fraction of sp³-hybridized carbons (Fsp3) is 1.00. The number of hydrogen-bond donors (Lipinski definition) is 1. The normalized spacial score (nSPS) is 56.5. The number of hydrogen-bond acceptors (Lipinski definition) is 3. The number of aliphatic hydroxyl groups is 1. The highest BCUT2D eigenvalue weighted by atomic mass is 127. The molecule has 2 aliphatic heterocycles. The zero-order valence-electron chi connectivity index (χ0n) is 6.29. The topological polar surface area (TPSA) is 38.7 Å². The van der Waals surface area contributed by atoms with Crippen molar-refractivity contribution in [1.82, 2.24) is 0 Å². The fourth-order valence-corrected chi connectivity index (χ4v) is 2.84. The van der Waals surface area contributed by atoms with Crippen LogP contribution in [0.5, 0.6) is 0 Å². The second-order valence-corrected chi connectivity index (χ2v) is 4.94. The van der Waals surface area contributed by atoms with Crippen LogP contribution >= 0.6 is 22.6 Å². The van der Waals surface area contributed by atoms with Crippen LogP contribution in [-0.4, -0.2) is 34.1 Å². The van der Waals surface area contributed by atoms with Crippen molar-refractivity contribution >= 4 is 22.6 Å². The fourth-order valence-electron chi connectivity index (χ4n) is 1.69. The first-order chi connectivity index (χ1) is 5.14. The average Bonchev–Trinajstić information content (AvgIpc) is 2.39. The Balaban J connectivity index is 2.23. The van der Waals surface area contributed by atoms with Gasteiger partial charge in [0.1, 0.15) is 12.2 Å². The summed E-state index contributed by atoms with van der Waals surface area (Å²) < 4.78 is 10.5. The standard InChI is InChI=1S/C7H11IO3/c1-4-2-11-7(8)5(9)3-10-6(4)7/h4-6,9H,2-3H2,1H3. The maximum Gasteiger partial charge on any atom is 0.173 e. The summed E-state index contributed by atoms with van der Waals surface area (Å²) in [5, 5.41) is 9.52. The number of ether oxygens (including phenoxy) is 2. The zero-order valence-corrected chi connectivity index (χ0v) is 8.45. The molecule has 2 rings (SSSR count). The predicted molar refractivity (Wildman–Crippen MR) is 47.6 cm³/mol. The summed E-state index contributed by atoms with van der Waals surface area (Å²) in [6.07, 6.45) is -0.379. The molecule has 2 aliphatic rings. The van der Waals surface area contributed by atoms with Crippen molar-refractivity contribution in [1.29, 1.82) is 0 Å². The van der Waals surface area contributed by atoms with Crippen LogP contribution in [0.2, 0.25) is 0 Å². The molecular formula is C7H11IO3. The first-order valence-electron chi connectivity index (χ1n) is 3.77. The van der Waals surface area contributed by atoms with Crippen molar-refractivity contribution in [3.8, 4) is 0 Å². The molecule has 2 heterocycles. The third-order valence-corrected chi connectivity index (χ3v) is 4.00. The van der Waals surface area contributed by atoms with Crippen molar-refractivity contribution in [2.24, 2.45) is 5.92 Å². The summed E-state index contributed by atoms with van der Waals surface area (Å²) in [4.78, 5) is 0. The minimum atomic E-state index is -0.461. The Morgan fingerprint density at radius 2 is 2.27 bits per heavy atom. The summed E-state index contributed by atoms with van der Waals surface area (Å²) in [7, 11) is 0. The van der Waals surface area contributed by atoms with Crippen LogP contribution in [0.15, 0.2) is 0 Å². The SMILES string of the molecule is CC1COC2(I)C(O)COC12. The molecule has 0 saturated carbocycles. The van der Waals surface area contributed by atoms with Crippen LogP contribution < -0.4 is 0 Å². The monoisotopic (exact) mass is 270 g/mol. The number of alkyl halides is 1. The van der Waals surface area contributed by atoms with Gasteiger partial charge in [0.15, 0.2) is 3.61 Å². The highest BCUT2D eigenvalue weighted by Crippen LogP contribution is 2.45. The summed E-state index contributed by atoms with van der Waals surface area (Å²) in [5.74, 6) is 0.407. The minimum absolute atomic E-state index is 0.0816. The van der Waals surface area contributed by atoms with E-state index in [4.69, 9.17) is 9.47 Å². The van der Waals surface area contributed by atoms with Gasteiger partial charge in [-0.2, -0.15) is 0 Å². The van der Waals surface area contributed by atoms with Gasteiger partial charge in [0.05, 0.1) is 13.2 Å². The molecule has 0 aliphatic carbocycles. The molecule has 4 unspecified atom stereocenters. The Hall–Kier alpha value is 0.610. The van der Waals surface area contributed by atoms with Crippen LogP contribution in [0.3, 0.4) is 0 Å². The number of rotatable bonds is 0. The van der Waals surface area contributed by atoms with E-state index in [9.17, 15) is 5.11 Å². The van der Waals surface area contributed by atoms with E-state index in [1.54, 1.807) is 0 Å². The molecule has 2 saturated heterocycles. The summed E-state index contributed by atoms with van der Waals surface area (Å²) in [5.41, 5.74) is 0.